The summed E-state index contributed by atoms with van der Waals surface area (Å²) in [6.07, 6.45) is 3.52. The summed E-state index contributed by atoms with van der Waals surface area (Å²) in [5.41, 5.74) is 5.38. The van der Waals surface area contributed by atoms with Crippen molar-refractivity contribution in [2.75, 3.05) is 5.32 Å². The van der Waals surface area contributed by atoms with Crippen molar-refractivity contribution in [1.29, 1.82) is 0 Å². The van der Waals surface area contributed by atoms with Gasteiger partial charge in [0.2, 0.25) is 6.29 Å². The minimum atomic E-state index is -0.695. The predicted molar refractivity (Wildman–Crippen MR) is 127 cm³/mol. The van der Waals surface area contributed by atoms with E-state index in [1.807, 2.05) is 84.3 Å². The van der Waals surface area contributed by atoms with E-state index in [0.717, 1.165) is 27.9 Å². The van der Waals surface area contributed by atoms with E-state index < -0.39 is 5.91 Å². The lowest BCUT2D eigenvalue weighted by Gasteiger charge is -2.11. The summed E-state index contributed by atoms with van der Waals surface area (Å²) in [5, 5.41) is 3.45. The SMILES string of the molecule is CCc1c(NC(=O)C=O)c2c(OCc3ccccc3)cccn2c1Cc1cccc(Cl)c1. The van der Waals surface area contributed by atoms with Crippen LogP contribution in [0, 0.1) is 0 Å². The molecule has 5 nitrogen and oxygen atoms in total. The number of nitrogens with zero attached hydrogens (tertiary/aromatic N) is 1. The molecule has 2 aromatic heterocycles. The number of nitrogens with one attached hydrogen (secondary N) is 1. The second kappa shape index (κ2) is 9.71. The number of rotatable bonds is 8. The third-order valence-corrected chi connectivity index (χ3v) is 5.58. The van der Waals surface area contributed by atoms with Crippen molar-refractivity contribution >= 4 is 35.0 Å². The molecule has 0 fully saturated rings. The highest BCUT2D eigenvalue weighted by Crippen LogP contribution is 2.37. The molecule has 0 unspecified atom stereocenters. The average Bonchev–Trinajstić information content (AvgIpc) is 3.11. The molecule has 1 amide bonds. The van der Waals surface area contributed by atoms with Crippen LogP contribution in [0.2, 0.25) is 5.02 Å². The highest BCUT2D eigenvalue weighted by molar-refractivity contribution is 6.31. The molecule has 2 aromatic carbocycles. The number of aldehydes is 1. The lowest BCUT2D eigenvalue weighted by Crippen LogP contribution is -2.13. The third kappa shape index (κ3) is 4.53. The van der Waals surface area contributed by atoms with Crippen molar-refractivity contribution in [3.8, 4) is 5.75 Å². The number of pyridine rings is 1. The van der Waals surface area contributed by atoms with Crippen LogP contribution in [0.25, 0.3) is 5.52 Å². The van der Waals surface area contributed by atoms with E-state index in [1.165, 1.54) is 0 Å². The molecule has 1 N–H and O–H groups in total. The van der Waals surface area contributed by atoms with Gasteiger partial charge in [-0.15, -0.1) is 0 Å². The Balaban J connectivity index is 1.83. The number of anilines is 1. The van der Waals surface area contributed by atoms with E-state index in [1.54, 1.807) is 0 Å². The van der Waals surface area contributed by atoms with Crippen molar-refractivity contribution in [3.05, 3.63) is 100 Å². The molecule has 0 radical (unpaired) electrons. The lowest BCUT2D eigenvalue weighted by molar-refractivity contribution is -0.127. The third-order valence-electron chi connectivity index (χ3n) is 5.34. The first kappa shape index (κ1) is 21.7. The Kier molecular flexibility index (Phi) is 6.57. The summed E-state index contributed by atoms with van der Waals surface area (Å²) in [4.78, 5) is 23.2. The van der Waals surface area contributed by atoms with Gasteiger partial charge in [-0.2, -0.15) is 0 Å². The summed E-state index contributed by atoms with van der Waals surface area (Å²) in [7, 11) is 0. The van der Waals surface area contributed by atoms with Crippen LogP contribution in [0.4, 0.5) is 5.69 Å². The van der Waals surface area contributed by atoms with Crippen LogP contribution < -0.4 is 10.1 Å². The molecule has 4 rings (SSSR count). The van der Waals surface area contributed by atoms with Crippen molar-refractivity contribution < 1.29 is 14.3 Å². The number of fused-ring (bicyclic) bond motifs is 1. The molecule has 32 heavy (non-hydrogen) atoms. The van der Waals surface area contributed by atoms with Gasteiger partial charge in [-0.3, -0.25) is 9.59 Å². The van der Waals surface area contributed by atoms with E-state index in [2.05, 4.69) is 5.32 Å². The molecule has 0 spiro atoms. The predicted octanol–water partition coefficient (Wildman–Crippen LogP) is 5.46. The normalized spacial score (nSPS) is 10.8. The number of benzene rings is 2. The maximum Gasteiger partial charge on any atom is 0.288 e. The molecule has 4 aromatic rings. The van der Waals surface area contributed by atoms with Crippen molar-refractivity contribution in [2.45, 2.75) is 26.4 Å². The largest absolute Gasteiger partial charge is 0.487 e. The van der Waals surface area contributed by atoms with Gasteiger partial charge in [0, 0.05) is 23.3 Å². The number of hydrogen-bond donors (Lipinski definition) is 1. The number of halogens is 1. The number of hydrogen-bond acceptors (Lipinski definition) is 3. The lowest BCUT2D eigenvalue weighted by atomic mass is 10.0. The van der Waals surface area contributed by atoms with Crippen molar-refractivity contribution in [2.24, 2.45) is 0 Å². The highest BCUT2D eigenvalue weighted by atomic mass is 35.5. The van der Waals surface area contributed by atoms with Gasteiger partial charge < -0.3 is 14.5 Å². The second-order valence-electron chi connectivity index (χ2n) is 7.43. The van der Waals surface area contributed by atoms with Gasteiger partial charge in [0.1, 0.15) is 17.9 Å². The Morgan fingerprint density at radius 2 is 1.84 bits per heavy atom. The maximum atomic E-state index is 12.0. The first-order valence-electron chi connectivity index (χ1n) is 10.4. The fourth-order valence-electron chi connectivity index (χ4n) is 3.94. The molecule has 162 valence electrons. The molecule has 0 atom stereocenters. The van der Waals surface area contributed by atoms with E-state index in [4.69, 9.17) is 16.3 Å². The van der Waals surface area contributed by atoms with Crippen molar-refractivity contribution in [1.82, 2.24) is 4.40 Å². The fourth-order valence-corrected chi connectivity index (χ4v) is 4.15. The molecular formula is C26H23ClN2O3. The molecule has 0 aliphatic rings. The minimum Gasteiger partial charge on any atom is -0.487 e. The smallest absolute Gasteiger partial charge is 0.288 e. The topological polar surface area (TPSA) is 59.8 Å². The van der Waals surface area contributed by atoms with E-state index in [0.29, 0.717) is 35.9 Å². The van der Waals surface area contributed by atoms with Gasteiger partial charge in [0.05, 0.1) is 5.69 Å². The zero-order valence-corrected chi connectivity index (χ0v) is 18.4. The zero-order chi connectivity index (χ0) is 22.5. The van der Waals surface area contributed by atoms with Gasteiger partial charge in [-0.25, -0.2) is 0 Å². The van der Waals surface area contributed by atoms with E-state index in [-0.39, 0.29) is 6.29 Å². The Morgan fingerprint density at radius 3 is 2.56 bits per heavy atom. The molecule has 2 heterocycles. The van der Waals surface area contributed by atoms with Crippen LogP contribution in [0.1, 0.15) is 29.3 Å². The van der Waals surface area contributed by atoms with Gasteiger partial charge >= 0.3 is 0 Å². The first-order valence-corrected chi connectivity index (χ1v) is 10.8. The first-order chi connectivity index (χ1) is 15.6. The standard InChI is InChI=1S/C26H23ClN2O3/c1-2-21-22(15-19-10-6-11-20(27)14-19)29-13-7-12-23(26(29)25(21)28-24(31)16-30)32-17-18-8-4-3-5-9-18/h3-14,16H,2,15,17H2,1H3,(H,28,31). The van der Waals surface area contributed by atoms with Crippen LogP contribution in [0.15, 0.2) is 72.9 Å². The van der Waals surface area contributed by atoms with Crippen LogP contribution in [-0.2, 0) is 29.0 Å². The fraction of sp³-hybridized carbons (Fsp3) is 0.154. The summed E-state index contributed by atoms with van der Waals surface area (Å²) < 4.78 is 8.19. The Bertz CT molecular complexity index is 1270. The number of amides is 1. The highest BCUT2D eigenvalue weighted by Gasteiger charge is 2.22. The molecule has 0 bridgehead atoms. The number of aromatic nitrogens is 1. The Labute approximate surface area is 191 Å². The Hall–Kier alpha value is -3.57. The summed E-state index contributed by atoms with van der Waals surface area (Å²) in [5.74, 6) is -0.0658. The minimum absolute atomic E-state index is 0.285. The summed E-state index contributed by atoms with van der Waals surface area (Å²) in [6, 6.07) is 21.4. The second-order valence-corrected chi connectivity index (χ2v) is 7.87. The number of carbonyl (C=O) groups is 2. The van der Waals surface area contributed by atoms with Crippen LogP contribution >= 0.6 is 11.6 Å². The molecule has 6 heteroatoms. The van der Waals surface area contributed by atoms with Crippen LogP contribution in [-0.4, -0.2) is 16.6 Å². The van der Waals surface area contributed by atoms with Gasteiger partial charge in [0.25, 0.3) is 5.91 Å². The summed E-state index contributed by atoms with van der Waals surface area (Å²) >= 11 is 6.20. The van der Waals surface area contributed by atoms with E-state index in [9.17, 15) is 9.59 Å². The van der Waals surface area contributed by atoms with Gasteiger partial charge in [0.15, 0.2) is 0 Å². The van der Waals surface area contributed by atoms with Crippen molar-refractivity contribution in [3.63, 3.8) is 0 Å². The van der Waals surface area contributed by atoms with Crippen LogP contribution in [0.3, 0.4) is 0 Å². The molecule has 0 saturated heterocycles. The van der Waals surface area contributed by atoms with E-state index >= 15 is 0 Å². The monoisotopic (exact) mass is 446 g/mol. The number of carbonyl (C=O) groups excluding carboxylic acids is 2. The van der Waals surface area contributed by atoms with Gasteiger partial charge in [-0.05, 0) is 47.4 Å². The zero-order valence-electron chi connectivity index (χ0n) is 17.7. The van der Waals surface area contributed by atoms with Gasteiger partial charge in [-0.1, -0.05) is 61.0 Å². The molecular weight excluding hydrogens is 424 g/mol. The molecule has 0 aliphatic heterocycles. The number of ether oxygens (including phenoxy) is 1. The maximum absolute atomic E-state index is 12.0. The molecule has 0 aliphatic carbocycles. The average molecular weight is 447 g/mol. The quantitative estimate of drug-likeness (QED) is 0.288. The molecule has 0 saturated carbocycles. The van der Waals surface area contributed by atoms with Crippen LogP contribution in [0.5, 0.6) is 5.75 Å². The Morgan fingerprint density at radius 1 is 1.06 bits per heavy atom. The summed E-state index contributed by atoms with van der Waals surface area (Å²) in [6.45, 7) is 2.41.